The number of piperazine rings is 1. The van der Waals surface area contributed by atoms with Gasteiger partial charge in [-0.05, 0) is 24.6 Å². The van der Waals surface area contributed by atoms with Gasteiger partial charge in [-0.3, -0.25) is 9.69 Å². The van der Waals surface area contributed by atoms with Gasteiger partial charge in [0.25, 0.3) is 0 Å². The van der Waals surface area contributed by atoms with Crippen molar-refractivity contribution in [3.63, 3.8) is 0 Å². The molecule has 5 nitrogen and oxygen atoms in total. The fraction of sp³-hybridized carbons (Fsp3) is 0.588. The summed E-state index contributed by atoms with van der Waals surface area (Å²) < 4.78 is 5.22. The first kappa shape index (κ1) is 18.2. The molecule has 0 bridgehead atoms. The molecule has 0 saturated carbocycles. The minimum Gasteiger partial charge on any atom is -0.389 e. The third-order valence-electron chi connectivity index (χ3n) is 3.95. The van der Waals surface area contributed by atoms with Crippen molar-refractivity contribution in [1.29, 1.82) is 0 Å². The maximum Gasteiger partial charge on any atom is 0.227 e. The molecule has 1 aliphatic heterocycles. The highest BCUT2D eigenvalue weighted by Crippen LogP contribution is 2.13. The van der Waals surface area contributed by atoms with Gasteiger partial charge in [0.05, 0.1) is 19.1 Å². The van der Waals surface area contributed by atoms with E-state index in [9.17, 15) is 9.90 Å². The summed E-state index contributed by atoms with van der Waals surface area (Å²) in [6.45, 7) is 6.44. The fourth-order valence-electron chi connectivity index (χ4n) is 2.72. The lowest BCUT2D eigenvalue weighted by atomic mass is 10.1. The second-order valence-electron chi connectivity index (χ2n) is 5.80. The first-order chi connectivity index (χ1) is 11.1. The molecule has 1 fully saturated rings. The summed E-state index contributed by atoms with van der Waals surface area (Å²) in [6, 6.07) is 7.43. The number of nitrogens with zero attached hydrogens (tertiary/aromatic N) is 2. The first-order valence-electron chi connectivity index (χ1n) is 8.09. The number of halogens is 1. The van der Waals surface area contributed by atoms with E-state index in [0.717, 1.165) is 18.7 Å². The van der Waals surface area contributed by atoms with E-state index < -0.39 is 6.10 Å². The lowest BCUT2D eigenvalue weighted by Gasteiger charge is -2.35. The van der Waals surface area contributed by atoms with Crippen LogP contribution in [-0.2, 0) is 16.0 Å². The van der Waals surface area contributed by atoms with E-state index in [2.05, 4.69) is 4.90 Å². The maximum atomic E-state index is 12.3. The summed E-state index contributed by atoms with van der Waals surface area (Å²) in [5.74, 6) is 0.127. The van der Waals surface area contributed by atoms with E-state index in [4.69, 9.17) is 16.3 Å². The number of carbonyl (C=O) groups is 1. The summed E-state index contributed by atoms with van der Waals surface area (Å²) in [5.41, 5.74) is 0.942. The molecule has 1 heterocycles. The van der Waals surface area contributed by atoms with Crippen molar-refractivity contribution in [2.24, 2.45) is 0 Å². The van der Waals surface area contributed by atoms with Crippen LogP contribution in [0.5, 0.6) is 0 Å². The molecule has 23 heavy (non-hydrogen) atoms. The first-order valence-corrected chi connectivity index (χ1v) is 8.46. The molecule has 1 aromatic rings. The molecule has 6 heteroatoms. The lowest BCUT2D eigenvalue weighted by Crippen LogP contribution is -2.51. The Labute approximate surface area is 142 Å². The predicted molar refractivity (Wildman–Crippen MR) is 90.7 cm³/mol. The molecule has 0 radical (unpaired) electrons. The van der Waals surface area contributed by atoms with Crippen molar-refractivity contribution in [2.45, 2.75) is 19.4 Å². The Kier molecular flexibility index (Phi) is 7.30. The van der Waals surface area contributed by atoms with E-state index in [1.807, 2.05) is 36.1 Å². The molecule has 1 saturated heterocycles. The summed E-state index contributed by atoms with van der Waals surface area (Å²) in [4.78, 5) is 16.4. The predicted octanol–water partition coefficient (Wildman–Crippen LogP) is 1.42. The minimum absolute atomic E-state index is 0.127. The summed E-state index contributed by atoms with van der Waals surface area (Å²) in [7, 11) is 0. The van der Waals surface area contributed by atoms with E-state index >= 15 is 0 Å². The molecule has 0 spiro atoms. The zero-order valence-corrected chi connectivity index (χ0v) is 14.3. The topological polar surface area (TPSA) is 53.0 Å². The Balaban J connectivity index is 1.74. The SMILES string of the molecule is CCOC[C@H](O)CN1CCN(C(=O)Cc2cccc(Cl)c2)CC1. The van der Waals surface area contributed by atoms with Crippen LogP contribution < -0.4 is 0 Å². The van der Waals surface area contributed by atoms with Crippen LogP contribution in [0.4, 0.5) is 0 Å². The smallest absolute Gasteiger partial charge is 0.227 e. The van der Waals surface area contributed by atoms with Crippen LogP contribution >= 0.6 is 11.6 Å². The molecule has 1 atom stereocenters. The van der Waals surface area contributed by atoms with E-state index in [-0.39, 0.29) is 5.91 Å². The summed E-state index contributed by atoms with van der Waals surface area (Å²) >= 11 is 5.95. The maximum absolute atomic E-state index is 12.3. The number of carbonyl (C=O) groups excluding carboxylic acids is 1. The van der Waals surface area contributed by atoms with Crippen LogP contribution in [0.1, 0.15) is 12.5 Å². The molecule has 2 rings (SSSR count). The van der Waals surface area contributed by atoms with Gasteiger partial charge in [0, 0.05) is 44.4 Å². The average Bonchev–Trinajstić information content (AvgIpc) is 2.53. The number of β-amino-alcohol motifs (C(OH)–C–C–N with tert-alkyl or cyclic N) is 1. The van der Waals surface area contributed by atoms with E-state index in [0.29, 0.717) is 44.3 Å². The van der Waals surface area contributed by atoms with Gasteiger partial charge in [-0.1, -0.05) is 23.7 Å². The Morgan fingerprint density at radius 2 is 2.09 bits per heavy atom. The molecule has 1 aromatic carbocycles. The molecule has 0 unspecified atom stereocenters. The number of benzene rings is 1. The Morgan fingerprint density at radius 3 is 2.74 bits per heavy atom. The van der Waals surface area contributed by atoms with Crippen molar-refractivity contribution in [1.82, 2.24) is 9.80 Å². The molecule has 1 aliphatic rings. The van der Waals surface area contributed by atoms with E-state index in [1.54, 1.807) is 0 Å². The van der Waals surface area contributed by atoms with Crippen LogP contribution in [-0.4, -0.2) is 72.9 Å². The highest BCUT2D eigenvalue weighted by Gasteiger charge is 2.22. The molecule has 0 aliphatic carbocycles. The molecule has 0 aromatic heterocycles. The number of aliphatic hydroxyl groups is 1. The van der Waals surface area contributed by atoms with Crippen molar-refractivity contribution in [2.75, 3.05) is 45.9 Å². The number of rotatable bonds is 7. The zero-order valence-electron chi connectivity index (χ0n) is 13.6. The van der Waals surface area contributed by atoms with Crippen molar-refractivity contribution < 1.29 is 14.6 Å². The number of hydrogen-bond donors (Lipinski definition) is 1. The second-order valence-corrected chi connectivity index (χ2v) is 6.24. The molecule has 1 amide bonds. The summed E-state index contributed by atoms with van der Waals surface area (Å²) in [6.07, 6.45) is -0.0864. The van der Waals surface area contributed by atoms with Crippen LogP contribution in [0.3, 0.4) is 0 Å². The van der Waals surface area contributed by atoms with Gasteiger partial charge < -0.3 is 14.7 Å². The normalized spacial score (nSPS) is 17.3. The molecular formula is C17H25ClN2O3. The number of aliphatic hydroxyl groups excluding tert-OH is 1. The van der Waals surface area contributed by atoms with Gasteiger partial charge in [0.2, 0.25) is 5.91 Å². The van der Waals surface area contributed by atoms with Crippen LogP contribution in [0, 0.1) is 0 Å². The highest BCUT2D eigenvalue weighted by molar-refractivity contribution is 6.30. The van der Waals surface area contributed by atoms with Gasteiger partial charge in [0.15, 0.2) is 0 Å². The van der Waals surface area contributed by atoms with Gasteiger partial charge in [0.1, 0.15) is 0 Å². The van der Waals surface area contributed by atoms with Gasteiger partial charge >= 0.3 is 0 Å². The number of amides is 1. The molecule has 128 valence electrons. The van der Waals surface area contributed by atoms with Crippen LogP contribution in [0.15, 0.2) is 24.3 Å². The standard InChI is InChI=1S/C17H25ClN2O3/c1-2-23-13-16(21)12-19-6-8-20(9-7-19)17(22)11-14-4-3-5-15(18)10-14/h3-5,10,16,21H,2,6-9,11-13H2,1H3/t16-/m1/s1. The molecule has 1 N–H and O–H groups in total. The van der Waals surface area contributed by atoms with Crippen molar-refractivity contribution >= 4 is 17.5 Å². The number of hydrogen-bond acceptors (Lipinski definition) is 4. The third-order valence-corrected chi connectivity index (χ3v) is 4.19. The molecular weight excluding hydrogens is 316 g/mol. The summed E-state index contributed by atoms with van der Waals surface area (Å²) in [5, 5.41) is 10.5. The Hall–Kier alpha value is -1.14. The Bertz CT molecular complexity index is 504. The number of ether oxygens (including phenoxy) is 1. The monoisotopic (exact) mass is 340 g/mol. The van der Waals surface area contributed by atoms with Crippen LogP contribution in [0.2, 0.25) is 5.02 Å². The van der Waals surface area contributed by atoms with Gasteiger partial charge in [-0.25, -0.2) is 0 Å². The largest absolute Gasteiger partial charge is 0.389 e. The van der Waals surface area contributed by atoms with Gasteiger partial charge in [-0.15, -0.1) is 0 Å². The van der Waals surface area contributed by atoms with Crippen LogP contribution in [0.25, 0.3) is 0 Å². The zero-order chi connectivity index (χ0) is 16.7. The Morgan fingerprint density at radius 1 is 1.35 bits per heavy atom. The average molecular weight is 341 g/mol. The highest BCUT2D eigenvalue weighted by atomic mass is 35.5. The van der Waals surface area contributed by atoms with E-state index in [1.165, 1.54) is 0 Å². The second kappa shape index (κ2) is 9.23. The fourth-order valence-corrected chi connectivity index (χ4v) is 2.93. The minimum atomic E-state index is -0.469. The lowest BCUT2D eigenvalue weighted by molar-refractivity contribution is -0.132. The van der Waals surface area contributed by atoms with Crippen molar-refractivity contribution in [3.8, 4) is 0 Å². The third kappa shape index (κ3) is 6.11. The quantitative estimate of drug-likeness (QED) is 0.815. The van der Waals surface area contributed by atoms with Crippen molar-refractivity contribution in [3.05, 3.63) is 34.9 Å². The van der Waals surface area contributed by atoms with Gasteiger partial charge in [-0.2, -0.15) is 0 Å².